The Hall–Kier alpha value is -1.85. The van der Waals surface area contributed by atoms with Crippen LogP contribution < -0.4 is 5.32 Å². The predicted octanol–water partition coefficient (Wildman–Crippen LogP) is 3.85. The maximum Gasteiger partial charge on any atom is 0.263 e. The molecule has 0 saturated heterocycles. The van der Waals surface area contributed by atoms with Gasteiger partial charge < -0.3 is 10.2 Å². The Kier molecular flexibility index (Phi) is 4.92. The summed E-state index contributed by atoms with van der Waals surface area (Å²) in [6, 6.07) is 9.11. The van der Waals surface area contributed by atoms with Gasteiger partial charge in [-0.25, -0.2) is 0 Å². The van der Waals surface area contributed by atoms with E-state index in [2.05, 4.69) is 5.32 Å². The Balaban J connectivity index is 1.70. The fourth-order valence-electron chi connectivity index (χ4n) is 2.88. The molecule has 0 radical (unpaired) electrons. The summed E-state index contributed by atoms with van der Waals surface area (Å²) in [5.41, 5.74) is 1.84. The second kappa shape index (κ2) is 6.95. The number of carbonyl (C=O) groups excluding carboxylic acids is 2. The Morgan fingerprint density at radius 3 is 2.79 bits per heavy atom. The van der Waals surface area contributed by atoms with Crippen molar-refractivity contribution in [2.45, 2.75) is 19.3 Å². The lowest BCUT2D eigenvalue weighted by molar-refractivity contribution is -0.120. The van der Waals surface area contributed by atoms with E-state index in [-0.39, 0.29) is 17.7 Å². The maximum atomic E-state index is 12.5. The van der Waals surface area contributed by atoms with Crippen LogP contribution in [0.1, 0.15) is 26.5 Å². The number of amides is 2. The fourth-order valence-corrected chi connectivity index (χ4v) is 4.30. The lowest BCUT2D eigenvalue weighted by Crippen LogP contribution is -2.27. The van der Waals surface area contributed by atoms with Crippen LogP contribution >= 0.6 is 22.9 Å². The third-order valence-electron chi connectivity index (χ3n) is 4.16. The standard InChI is InChI=1S/C18H19ClN2O2S/c1-21(2)18(23)16-9-12-8-11(6-7-15(12)24-16)17(22)20-14-5-3-4-13(19)10-14/h3-5,9-11H,6-8H2,1-2H3,(H,20,22)/t11-/m0/s1. The van der Waals surface area contributed by atoms with Crippen LogP contribution in [0.3, 0.4) is 0 Å². The largest absolute Gasteiger partial charge is 0.344 e. The van der Waals surface area contributed by atoms with Crippen LogP contribution in [0.5, 0.6) is 0 Å². The van der Waals surface area contributed by atoms with Gasteiger partial charge in [-0.05, 0) is 49.1 Å². The summed E-state index contributed by atoms with van der Waals surface area (Å²) in [6.07, 6.45) is 2.32. The molecule has 1 heterocycles. The highest BCUT2D eigenvalue weighted by molar-refractivity contribution is 7.14. The molecule has 126 valence electrons. The van der Waals surface area contributed by atoms with E-state index in [1.54, 1.807) is 42.5 Å². The van der Waals surface area contributed by atoms with Gasteiger partial charge in [-0.1, -0.05) is 17.7 Å². The van der Waals surface area contributed by atoms with Gasteiger partial charge >= 0.3 is 0 Å². The Morgan fingerprint density at radius 1 is 1.29 bits per heavy atom. The van der Waals surface area contributed by atoms with Gasteiger partial charge in [0.05, 0.1) is 4.88 Å². The molecule has 1 aromatic heterocycles. The number of rotatable bonds is 3. The third-order valence-corrected chi connectivity index (χ3v) is 5.62. The number of halogens is 1. The topological polar surface area (TPSA) is 49.4 Å². The molecule has 0 aliphatic heterocycles. The molecule has 2 amide bonds. The van der Waals surface area contributed by atoms with Crippen LogP contribution in [-0.2, 0) is 17.6 Å². The van der Waals surface area contributed by atoms with Crippen molar-refractivity contribution < 1.29 is 9.59 Å². The summed E-state index contributed by atoms with van der Waals surface area (Å²) in [5.74, 6) is -0.0441. The summed E-state index contributed by atoms with van der Waals surface area (Å²) in [7, 11) is 3.50. The zero-order valence-electron chi connectivity index (χ0n) is 13.6. The molecule has 0 fully saturated rings. The highest BCUT2D eigenvalue weighted by Gasteiger charge is 2.27. The maximum absolute atomic E-state index is 12.5. The van der Waals surface area contributed by atoms with E-state index in [0.29, 0.717) is 17.1 Å². The number of aryl methyl sites for hydroxylation is 1. The number of thiophene rings is 1. The molecule has 1 aliphatic carbocycles. The van der Waals surface area contributed by atoms with Gasteiger partial charge in [0.2, 0.25) is 5.91 Å². The molecule has 1 aromatic carbocycles. The first-order chi connectivity index (χ1) is 11.4. The Morgan fingerprint density at radius 2 is 2.08 bits per heavy atom. The second-order valence-electron chi connectivity index (χ2n) is 6.20. The van der Waals surface area contributed by atoms with Crippen LogP contribution in [0.4, 0.5) is 5.69 Å². The minimum absolute atomic E-state index is 0.00889. The number of anilines is 1. The highest BCUT2D eigenvalue weighted by atomic mass is 35.5. The van der Waals surface area contributed by atoms with Crippen molar-refractivity contribution >= 4 is 40.4 Å². The van der Waals surface area contributed by atoms with Crippen LogP contribution in [0.2, 0.25) is 5.02 Å². The highest BCUT2D eigenvalue weighted by Crippen LogP contribution is 2.33. The second-order valence-corrected chi connectivity index (χ2v) is 7.77. The molecule has 1 N–H and O–H groups in total. The summed E-state index contributed by atoms with van der Waals surface area (Å²) in [5, 5.41) is 3.54. The van der Waals surface area contributed by atoms with Crippen molar-refractivity contribution in [2.24, 2.45) is 5.92 Å². The minimum Gasteiger partial charge on any atom is -0.344 e. The van der Waals surface area contributed by atoms with Crippen molar-refractivity contribution in [1.29, 1.82) is 0 Å². The minimum atomic E-state index is -0.0756. The monoisotopic (exact) mass is 362 g/mol. The number of nitrogens with one attached hydrogen (secondary N) is 1. The molecule has 0 saturated carbocycles. The normalized spacial score (nSPS) is 16.4. The molecule has 0 spiro atoms. The molecule has 1 atom stereocenters. The summed E-state index contributed by atoms with van der Waals surface area (Å²) >= 11 is 7.50. The van der Waals surface area contributed by atoms with Crippen LogP contribution in [0.15, 0.2) is 30.3 Å². The SMILES string of the molecule is CN(C)C(=O)c1cc2c(s1)CC[C@H](C(=O)Nc1cccc(Cl)c1)C2. The van der Waals surface area contributed by atoms with Crippen molar-refractivity contribution in [1.82, 2.24) is 4.90 Å². The van der Waals surface area contributed by atoms with Crippen molar-refractivity contribution in [3.8, 4) is 0 Å². The van der Waals surface area contributed by atoms with Gasteiger partial charge in [0.25, 0.3) is 5.91 Å². The van der Waals surface area contributed by atoms with Crippen molar-refractivity contribution in [3.63, 3.8) is 0 Å². The molecule has 4 nitrogen and oxygen atoms in total. The number of carbonyl (C=O) groups is 2. The molecular formula is C18H19ClN2O2S. The first-order valence-corrected chi connectivity index (χ1v) is 9.03. The molecule has 0 unspecified atom stereocenters. The van der Waals surface area contributed by atoms with E-state index in [1.807, 2.05) is 18.2 Å². The van der Waals surface area contributed by atoms with E-state index < -0.39 is 0 Å². The smallest absolute Gasteiger partial charge is 0.263 e. The summed E-state index contributed by atoms with van der Waals surface area (Å²) in [6.45, 7) is 0. The number of nitrogens with zero attached hydrogens (tertiary/aromatic N) is 1. The van der Waals surface area contributed by atoms with Crippen molar-refractivity contribution in [2.75, 3.05) is 19.4 Å². The lowest BCUT2D eigenvalue weighted by Gasteiger charge is -2.21. The molecule has 6 heteroatoms. The molecule has 1 aliphatic rings. The Labute approximate surface area is 150 Å². The van der Waals surface area contributed by atoms with Gasteiger partial charge in [-0.15, -0.1) is 11.3 Å². The Bertz CT molecular complexity index is 785. The molecule has 2 aromatic rings. The van der Waals surface area contributed by atoms with Gasteiger partial charge in [-0.2, -0.15) is 0 Å². The van der Waals surface area contributed by atoms with Crippen LogP contribution in [-0.4, -0.2) is 30.8 Å². The number of fused-ring (bicyclic) bond motifs is 1. The van der Waals surface area contributed by atoms with E-state index in [9.17, 15) is 9.59 Å². The van der Waals surface area contributed by atoms with E-state index in [4.69, 9.17) is 11.6 Å². The predicted molar refractivity (Wildman–Crippen MR) is 97.9 cm³/mol. The average molecular weight is 363 g/mol. The quantitative estimate of drug-likeness (QED) is 0.901. The lowest BCUT2D eigenvalue weighted by atomic mass is 9.87. The zero-order chi connectivity index (χ0) is 17.3. The van der Waals surface area contributed by atoms with E-state index in [1.165, 1.54) is 4.88 Å². The summed E-state index contributed by atoms with van der Waals surface area (Å²) < 4.78 is 0. The fraction of sp³-hybridized carbons (Fsp3) is 0.333. The average Bonchev–Trinajstić information content (AvgIpc) is 2.96. The molecule has 24 heavy (non-hydrogen) atoms. The summed E-state index contributed by atoms with van der Waals surface area (Å²) in [4.78, 5) is 28.2. The van der Waals surface area contributed by atoms with Gasteiger partial charge in [0.1, 0.15) is 0 Å². The first-order valence-electron chi connectivity index (χ1n) is 7.83. The number of hydrogen-bond acceptors (Lipinski definition) is 3. The number of hydrogen-bond donors (Lipinski definition) is 1. The number of benzene rings is 1. The van der Waals surface area contributed by atoms with Gasteiger partial charge in [0, 0.05) is 35.6 Å². The molecular weight excluding hydrogens is 344 g/mol. The van der Waals surface area contributed by atoms with Crippen molar-refractivity contribution in [3.05, 3.63) is 50.7 Å². The third kappa shape index (κ3) is 3.62. The molecule has 3 rings (SSSR count). The zero-order valence-corrected chi connectivity index (χ0v) is 15.2. The van der Waals surface area contributed by atoms with E-state index in [0.717, 1.165) is 23.3 Å². The van der Waals surface area contributed by atoms with Crippen LogP contribution in [0, 0.1) is 5.92 Å². The van der Waals surface area contributed by atoms with Crippen LogP contribution in [0.25, 0.3) is 0 Å². The van der Waals surface area contributed by atoms with Gasteiger partial charge in [0.15, 0.2) is 0 Å². The van der Waals surface area contributed by atoms with E-state index >= 15 is 0 Å². The first kappa shape index (κ1) is 17.0. The van der Waals surface area contributed by atoms with Gasteiger partial charge in [-0.3, -0.25) is 9.59 Å². The molecule has 0 bridgehead atoms.